The van der Waals surface area contributed by atoms with Crippen molar-refractivity contribution in [2.45, 2.75) is 26.0 Å². The third-order valence-corrected chi connectivity index (χ3v) is 3.09. The van der Waals surface area contributed by atoms with Crippen molar-refractivity contribution in [3.05, 3.63) is 47.8 Å². The smallest absolute Gasteiger partial charge is 0.234 e. The van der Waals surface area contributed by atoms with E-state index in [2.05, 4.69) is 15.3 Å². The number of nitrogens with one attached hydrogen (secondary N) is 1. The van der Waals surface area contributed by atoms with Crippen LogP contribution in [0.15, 0.2) is 36.7 Å². The molecule has 0 unspecified atom stereocenters. The Morgan fingerprint density at radius 1 is 1.18 bits per heavy atom. The van der Waals surface area contributed by atoms with Gasteiger partial charge in [0, 0.05) is 6.54 Å². The maximum atomic E-state index is 9.92. The molecule has 6 nitrogen and oxygen atoms in total. The number of rotatable bonds is 7. The van der Waals surface area contributed by atoms with Gasteiger partial charge in [-0.1, -0.05) is 24.3 Å². The number of aliphatic hydroxyl groups is 2. The molecule has 0 saturated carbocycles. The van der Waals surface area contributed by atoms with E-state index in [9.17, 15) is 5.11 Å². The molecule has 2 rings (SSSR count). The molecule has 1 heterocycles. The highest BCUT2D eigenvalue weighted by molar-refractivity contribution is 5.35. The van der Waals surface area contributed by atoms with Crippen LogP contribution in [0, 0.1) is 0 Å². The summed E-state index contributed by atoms with van der Waals surface area (Å²) in [5.74, 6) is 0.971. The predicted octanol–water partition coefficient (Wildman–Crippen LogP) is 1.69. The largest absolute Gasteiger partial charge is 0.474 e. The molecular weight excluding hydrogens is 282 g/mol. The van der Waals surface area contributed by atoms with E-state index in [0.29, 0.717) is 18.2 Å². The van der Waals surface area contributed by atoms with E-state index < -0.39 is 5.60 Å². The van der Waals surface area contributed by atoms with Gasteiger partial charge in [-0.3, -0.25) is 4.98 Å². The fourth-order valence-corrected chi connectivity index (χ4v) is 1.88. The van der Waals surface area contributed by atoms with Crippen molar-refractivity contribution in [2.75, 3.05) is 18.5 Å². The van der Waals surface area contributed by atoms with E-state index in [4.69, 9.17) is 9.84 Å². The van der Waals surface area contributed by atoms with Crippen LogP contribution in [0.5, 0.6) is 5.88 Å². The van der Waals surface area contributed by atoms with Crippen molar-refractivity contribution < 1.29 is 14.9 Å². The molecule has 2 aromatic rings. The van der Waals surface area contributed by atoms with Crippen LogP contribution in [0.4, 0.5) is 5.82 Å². The fourth-order valence-electron chi connectivity index (χ4n) is 1.88. The first-order chi connectivity index (χ1) is 10.5. The highest BCUT2D eigenvalue weighted by Crippen LogP contribution is 2.20. The number of hydrogen-bond donors (Lipinski definition) is 3. The van der Waals surface area contributed by atoms with E-state index >= 15 is 0 Å². The molecule has 1 aromatic carbocycles. The summed E-state index contributed by atoms with van der Waals surface area (Å²) in [6, 6.07) is 7.73. The first-order valence-electron chi connectivity index (χ1n) is 7.10. The lowest BCUT2D eigenvalue weighted by atomic mass is 9.97. The van der Waals surface area contributed by atoms with Crippen LogP contribution >= 0.6 is 0 Å². The second-order valence-corrected chi connectivity index (χ2v) is 5.42. The minimum Gasteiger partial charge on any atom is -0.474 e. The number of aromatic nitrogens is 2. The summed E-state index contributed by atoms with van der Waals surface area (Å²) in [5, 5.41) is 21.8. The summed E-state index contributed by atoms with van der Waals surface area (Å²) in [6.45, 7) is 4.23. The van der Waals surface area contributed by atoms with Crippen LogP contribution in [0.2, 0.25) is 0 Å². The number of nitrogens with zero attached hydrogens (tertiary/aromatic N) is 2. The maximum absolute atomic E-state index is 9.92. The van der Waals surface area contributed by atoms with Crippen molar-refractivity contribution in [1.82, 2.24) is 9.97 Å². The minimum atomic E-state index is -0.837. The third-order valence-electron chi connectivity index (χ3n) is 3.09. The summed E-state index contributed by atoms with van der Waals surface area (Å²) < 4.78 is 5.21. The van der Waals surface area contributed by atoms with E-state index in [0.717, 1.165) is 11.1 Å². The molecule has 0 aliphatic rings. The molecule has 0 atom stereocenters. The van der Waals surface area contributed by atoms with Crippen LogP contribution in [0.25, 0.3) is 0 Å². The zero-order valence-electron chi connectivity index (χ0n) is 12.8. The first-order valence-corrected chi connectivity index (χ1v) is 7.10. The second kappa shape index (κ2) is 7.20. The lowest BCUT2D eigenvalue weighted by molar-refractivity contribution is 0.0786. The topological polar surface area (TPSA) is 87.5 Å². The molecule has 0 bridgehead atoms. The maximum Gasteiger partial charge on any atom is 0.234 e. The molecule has 118 valence electrons. The van der Waals surface area contributed by atoms with Gasteiger partial charge in [0.25, 0.3) is 0 Å². The monoisotopic (exact) mass is 303 g/mol. The number of anilines is 1. The van der Waals surface area contributed by atoms with E-state index in [1.807, 2.05) is 24.3 Å². The highest BCUT2D eigenvalue weighted by Gasteiger charge is 2.14. The molecule has 1 aromatic heterocycles. The van der Waals surface area contributed by atoms with Crippen molar-refractivity contribution in [3.63, 3.8) is 0 Å². The van der Waals surface area contributed by atoms with Gasteiger partial charge in [-0.15, -0.1) is 0 Å². The van der Waals surface area contributed by atoms with Gasteiger partial charge in [-0.2, -0.15) is 4.98 Å². The zero-order chi connectivity index (χ0) is 16.0. The Morgan fingerprint density at radius 3 is 2.55 bits per heavy atom. The minimum absolute atomic E-state index is 0.0626. The van der Waals surface area contributed by atoms with Crippen LogP contribution < -0.4 is 10.1 Å². The Balaban J connectivity index is 1.95. The number of hydrogen-bond acceptors (Lipinski definition) is 6. The van der Waals surface area contributed by atoms with Gasteiger partial charge in [0.15, 0.2) is 0 Å². The SMILES string of the molecule is CC(C)(O)c1ccc(CNc2cncc(OCCO)n2)cc1. The van der Waals surface area contributed by atoms with Gasteiger partial charge in [-0.25, -0.2) is 0 Å². The number of aliphatic hydroxyl groups excluding tert-OH is 1. The van der Waals surface area contributed by atoms with Gasteiger partial charge in [0.1, 0.15) is 12.4 Å². The number of ether oxygens (including phenoxy) is 1. The molecule has 3 N–H and O–H groups in total. The van der Waals surface area contributed by atoms with E-state index in [1.165, 1.54) is 6.20 Å². The predicted molar refractivity (Wildman–Crippen MR) is 83.6 cm³/mol. The standard InChI is InChI=1S/C16H21N3O3/c1-16(2,21)13-5-3-12(4-6-13)9-18-14-10-17-11-15(19-14)22-8-7-20/h3-6,10-11,20-21H,7-9H2,1-2H3,(H,18,19). The van der Waals surface area contributed by atoms with Crippen LogP contribution in [0.3, 0.4) is 0 Å². The molecule has 0 saturated heterocycles. The molecule has 22 heavy (non-hydrogen) atoms. The molecule has 0 radical (unpaired) electrons. The first kappa shape index (κ1) is 16.2. The molecule has 0 aliphatic carbocycles. The van der Waals surface area contributed by atoms with Gasteiger partial charge in [0.05, 0.1) is 24.6 Å². The quantitative estimate of drug-likeness (QED) is 0.721. The third kappa shape index (κ3) is 4.68. The lowest BCUT2D eigenvalue weighted by Crippen LogP contribution is -2.15. The average molecular weight is 303 g/mol. The van der Waals surface area contributed by atoms with Crippen molar-refractivity contribution in [3.8, 4) is 5.88 Å². The summed E-state index contributed by atoms with van der Waals surface area (Å²) in [4.78, 5) is 8.27. The van der Waals surface area contributed by atoms with Crippen molar-refractivity contribution >= 4 is 5.82 Å². The molecule has 0 amide bonds. The lowest BCUT2D eigenvalue weighted by Gasteiger charge is -2.18. The Bertz CT molecular complexity index is 594. The normalized spacial score (nSPS) is 11.3. The Kier molecular flexibility index (Phi) is 5.30. The van der Waals surface area contributed by atoms with Crippen molar-refractivity contribution in [2.24, 2.45) is 0 Å². The van der Waals surface area contributed by atoms with Crippen LogP contribution in [0.1, 0.15) is 25.0 Å². The molecule has 0 fully saturated rings. The average Bonchev–Trinajstić information content (AvgIpc) is 2.51. The van der Waals surface area contributed by atoms with Crippen molar-refractivity contribution in [1.29, 1.82) is 0 Å². The van der Waals surface area contributed by atoms with Gasteiger partial charge in [-0.05, 0) is 25.0 Å². The van der Waals surface area contributed by atoms with E-state index in [1.54, 1.807) is 20.0 Å². The Morgan fingerprint density at radius 2 is 1.91 bits per heavy atom. The Hall–Kier alpha value is -2.18. The summed E-state index contributed by atoms with van der Waals surface area (Å²) in [7, 11) is 0. The molecule has 6 heteroatoms. The van der Waals surface area contributed by atoms with Crippen LogP contribution in [-0.2, 0) is 12.1 Å². The molecular formula is C16H21N3O3. The van der Waals surface area contributed by atoms with Gasteiger partial charge >= 0.3 is 0 Å². The zero-order valence-corrected chi connectivity index (χ0v) is 12.8. The van der Waals surface area contributed by atoms with Crippen LogP contribution in [-0.4, -0.2) is 33.4 Å². The van der Waals surface area contributed by atoms with E-state index in [-0.39, 0.29) is 13.2 Å². The summed E-state index contributed by atoms with van der Waals surface area (Å²) in [5.41, 5.74) is 1.10. The molecule has 0 spiro atoms. The second-order valence-electron chi connectivity index (χ2n) is 5.42. The molecule has 0 aliphatic heterocycles. The summed E-state index contributed by atoms with van der Waals surface area (Å²) >= 11 is 0. The Labute approximate surface area is 129 Å². The fraction of sp³-hybridized carbons (Fsp3) is 0.375. The highest BCUT2D eigenvalue weighted by atomic mass is 16.5. The summed E-state index contributed by atoms with van der Waals surface area (Å²) in [6.07, 6.45) is 3.11. The van der Waals surface area contributed by atoms with Gasteiger partial charge < -0.3 is 20.3 Å². The number of benzene rings is 1. The van der Waals surface area contributed by atoms with Gasteiger partial charge in [0.2, 0.25) is 5.88 Å².